The molecule has 0 radical (unpaired) electrons. The van der Waals surface area contributed by atoms with E-state index in [2.05, 4.69) is 15.1 Å². The Hall–Kier alpha value is -2.63. The van der Waals surface area contributed by atoms with Crippen molar-refractivity contribution in [1.82, 2.24) is 19.7 Å². The molecule has 0 aromatic carbocycles. The summed E-state index contributed by atoms with van der Waals surface area (Å²) in [5.74, 6) is 1.11. The Kier molecular flexibility index (Phi) is 2.78. The van der Waals surface area contributed by atoms with Gasteiger partial charge in [0.2, 0.25) is 5.88 Å². The van der Waals surface area contributed by atoms with E-state index in [-0.39, 0.29) is 5.88 Å². The first-order chi connectivity index (χ1) is 9.56. The van der Waals surface area contributed by atoms with Crippen molar-refractivity contribution < 1.29 is 9.52 Å². The van der Waals surface area contributed by atoms with Gasteiger partial charge in [-0.15, -0.1) is 0 Å². The van der Waals surface area contributed by atoms with E-state index < -0.39 is 0 Å². The number of rotatable bonds is 2. The third kappa shape index (κ3) is 1.95. The fourth-order valence-corrected chi connectivity index (χ4v) is 1.98. The molecule has 6 nitrogen and oxygen atoms in total. The molecule has 0 saturated heterocycles. The highest BCUT2D eigenvalue weighted by atomic mass is 16.3. The van der Waals surface area contributed by atoms with Crippen molar-refractivity contribution in [2.45, 2.75) is 20.8 Å². The fourth-order valence-electron chi connectivity index (χ4n) is 1.98. The molecule has 0 saturated carbocycles. The first-order valence-electron chi connectivity index (χ1n) is 6.21. The van der Waals surface area contributed by atoms with Gasteiger partial charge in [-0.05, 0) is 32.9 Å². The number of hydrogen-bond donors (Lipinski definition) is 1. The van der Waals surface area contributed by atoms with Gasteiger partial charge in [0.25, 0.3) is 0 Å². The van der Waals surface area contributed by atoms with Gasteiger partial charge >= 0.3 is 0 Å². The Morgan fingerprint density at radius 3 is 2.55 bits per heavy atom. The van der Waals surface area contributed by atoms with E-state index in [1.807, 2.05) is 20.8 Å². The topological polar surface area (TPSA) is 77.0 Å². The van der Waals surface area contributed by atoms with E-state index in [4.69, 9.17) is 4.42 Å². The quantitative estimate of drug-likeness (QED) is 0.774. The van der Waals surface area contributed by atoms with Gasteiger partial charge in [0.15, 0.2) is 11.6 Å². The van der Waals surface area contributed by atoms with Crippen molar-refractivity contribution in [3.8, 4) is 23.2 Å². The number of aromatic nitrogens is 4. The summed E-state index contributed by atoms with van der Waals surface area (Å²) in [7, 11) is 0. The average molecular weight is 270 g/mol. The van der Waals surface area contributed by atoms with E-state index >= 15 is 0 Å². The number of hydrogen-bond acceptors (Lipinski definition) is 5. The van der Waals surface area contributed by atoms with Crippen LogP contribution < -0.4 is 0 Å². The molecule has 3 rings (SSSR count). The van der Waals surface area contributed by atoms with Crippen LogP contribution in [0.2, 0.25) is 0 Å². The zero-order chi connectivity index (χ0) is 14.3. The number of nitrogens with zero attached hydrogens (tertiary/aromatic N) is 4. The zero-order valence-corrected chi connectivity index (χ0v) is 11.5. The largest absolute Gasteiger partial charge is 0.493 e. The summed E-state index contributed by atoms with van der Waals surface area (Å²) in [5, 5.41) is 14.4. The van der Waals surface area contributed by atoms with Crippen molar-refractivity contribution in [3.05, 3.63) is 41.5 Å². The van der Waals surface area contributed by atoms with E-state index in [1.165, 1.54) is 10.7 Å². The monoisotopic (exact) mass is 270 g/mol. The molecular formula is C14H14N4O2. The van der Waals surface area contributed by atoms with Crippen molar-refractivity contribution >= 4 is 0 Å². The van der Waals surface area contributed by atoms with Crippen LogP contribution in [0.5, 0.6) is 5.88 Å². The molecule has 20 heavy (non-hydrogen) atoms. The Balaban J connectivity index is 2.14. The van der Waals surface area contributed by atoms with Crippen molar-refractivity contribution in [2.24, 2.45) is 0 Å². The van der Waals surface area contributed by atoms with Crippen LogP contribution >= 0.6 is 0 Å². The Morgan fingerprint density at radius 2 is 1.85 bits per heavy atom. The summed E-state index contributed by atoms with van der Waals surface area (Å²) < 4.78 is 6.64. The summed E-state index contributed by atoms with van der Waals surface area (Å²) in [6, 6.07) is 5.09. The molecule has 0 atom stereocenters. The molecule has 1 N–H and O–H groups in total. The van der Waals surface area contributed by atoms with Crippen LogP contribution in [0.3, 0.4) is 0 Å². The van der Waals surface area contributed by atoms with Gasteiger partial charge in [-0.3, -0.25) is 4.98 Å². The van der Waals surface area contributed by atoms with Gasteiger partial charge < -0.3 is 9.52 Å². The molecule has 0 aliphatic carbocycles. The summed E-state index contributed by atoms with van der Waals surface area (Å²) in [6.07, 6.45) is 1.56. The molecule has 0 unspecified atom stereocenters. The third-order valence-electron chi connectivity index (χ3n) is 3.12. The van der Waals surface area contributed by atoms with E-state index in [9.17, 15) is 5.11 Å². The maximum absolute atomic E-state index is 10.1. The standard InChI is InChI=1S/C14H14N4O2/c1-8-9(2)16-14(10(3)15-8)18-13(19)7-11(17-18)12-5-4-6-20-12/h4-7,19H,1-3H3. The van der Waals surface area contributed by atoms with E-state index in [0.29, 0.717) is 23.0 Å². The van der Waals surface area contributed by atoms with Crippen LogP contribution in [0.15, 0.2) is 28.9 Å². The Morgan fingerprint density at radius 1 is 1.10 bits per heavy atom. The van der Waals surface area contributed by atoms with E-state index in [1.54, 1.807) is 18.4 Å². The van der Waals surface area contributed by atoms with E-state index in [0.717, 1.165) is 11.4 Å². The van der Waals surface area contributed by atoms with Gasteiger partial charge in [-0.25, -0.2) is 4.98 Å². The highest BCUT2D eigenvalue weighted by molar-refractivity contribution is 5.54. The van der Waals surface area contributed by atoms with Crippen LogP contribution in [0, 0.1) is 20.8 Å². The van der Waals surface area contributed by atoms with Crippen molar-refractivity contribution in [2.75, 3.05) is 0 Å². The average Bonchev–Trinajstić information content (AvgIpc) is 3.03. The van der Waals surface area contributed by atoms with Crippen LogP contribution in [0.1, 0.15) is 17.1 Å². The minimum Gasteiger partial charge on any atom is -0.493 e. The van der Waals surface area contributed by atoms with Crippen molar-refractivity contribution in [3.63, 3.8) is 0 Å². The van der Waals surface area contributed by atoms with Gasteiger partial charge in [0.1, 0.15) is 5.69 Å². The van der Waals surface area contributed by atoms with Crippen molar-refractivity contribution in [1.29, 1.82) is 0 Å². The zero-order valence-electron chi connectivity index (χ0n) is 11.5. The normalized spacial score (nSPS) is 10.9. The lowest BCUT2D eigenvalue weighted by Gasteiger charge is -2.08. The third-order valence-corrected chi connectivity index (χ3v) is 3.12. The molecule has 0 spiro atoms. The Bertz CT molecular complexity index is 760. The number of furan rings is 1. The second-order valence-electron chi connectivity index (χ2n) is 4.58. The molecule has 6 heteroatoms. The van der Waals surface area contributed by atoms with Gasteiger partial charge in [0, 0.05) is 6.07 Å². The molecule has 0 bridgehead atoms. The molecule has 102 valence electrons. The molecule has 3 heterocycles. The van der Waals surface area contributed by atoms with Crippen LogP contribution in [-0.2, 0) is 0 Å². The molecule has 0 aliphatic heterocycles. The fraction of sp³-hybridized carbons (Fsp3) is 0.214. The lowest BCUT2D eigenvalue weighted by Crippen LogP contribution is -2.07. The number of aryl methyl sites for hydroxylation is 3. The second-order valence-corrected chi connectivity index (χ2v) is 4.58. The molecule has 0 fully saturated rings. The van der Waals surface area contributed by atoms with Crippen LogP contribution in [-0.4, -0.2) is 24.9 Å². The molecule has 0 amide bonds. The molecule has 0 aliphatic rings. The number of aromatic hydroxyl groups is 1. The van der Waals surface area contributed by atoms with Gasteiger partial charge in [0.05, 0.1) is 23.3 Å². The SMILES string of the molecule is Cc1nc(C)c(-n2nc(-c3ccco3)cc2O)nc1C. The maximum Gasteiger partial charge on any atom is 0.216 e. The highest BCUT2D eigenvalue weighted by Crippen LogP contribution is 2.26. The van der Waals surface area contributed by atoms with Gasteiger partial charge in [-0.2, -0.15) is 9.78 Å². The predicted molar refractivity (Wildman–Crippen MR) is 72.7 cm³/mol. The minimum absolute atomic E-state index is 0.00273. The maximum atomic E-state index is 10.1. The molecular weight excluding hydrogens is 256 g/mol. The molecule has 3 aromatic heterocycles. The summed E-state index contributed by atoms with van der Waals surface area (Å²) >= 11 is 0. The first kappa shape index (κ1) is 12.4. The summed E-state index contributed by atoms with van der Waals surface area (Å²) in [5.41, 5.74) is 2.92. The lowest BCUT2D eigenvalue weighted by molar-refractivity contribution is 0.431. The van der Waals surface area contributed by atoms with Gasteiger partial charge in [-0.1, -0.05) is 0 Å². The van der Waals surface area contributed by atoms with Crippen LogP contribution in [0.4, 0.5) is 0 Å². The minimum atomic E-state index is -0.00273. The highest BCUT2D eigenvalue weighted by Gasteiger charge is 2.16. The first-order valence-corrected chi connectivity index (χ1v) is 6.21. The summed E-state index contributed by atoms with van der Waals surface area (Å²) in [6.45, 7) is 5.61. The lowest BCUT2D eigenvalue weighted by atomic mass is 10.3. The van der Waals surface area contributed by atoms with Crippen LogP contribution in [0.25, 0.3) is 17.3 Å². The Labute approximate surface area is 115 Å². The predicted octanol–water partition coefficient (Wildman–Crippen LogP) is 2.55. The smallest absolute Gasteiger partial charge is 0.216 e. The summed E-state index contributed by atoms with van der Waals surface area (Å²) in [4.78, 5) is 8.85. The second kappa shape index (κ2) is 4.48. The molecule has 3 aromatic rings.